The first-order valence-electron chi connectivity index (χ1n) is 6.16. The largest absolute Gasteiger partial charge is 0.377 e. The van der Waals surface area contributed by atoms with E-state index in [1.807, 2.05) is 6.08 Å². The van der Waals surface area contributed by atoms with E-state index >= 15 is 0 Å². The zero-order valence-electron chi connectivity index (χ0n) is 9.29. The molecule has 0 aromatic carbocycles. The molecule has 0 amide bonds. The summed E-state index contributed by atoms with van der Waals surface area (Å²) < 4.78 is 5.91. The molecule has 86 valence electrons. The van der Waals surface area contributed by atoms with Gasteiger partial charge < -0.3 is 4.74 Å². The van der Waals surface area contributed by atoms with Crippen LogP contribution in [0, 0.1) is 22.7 Å². The van der Waals surface area contributed by atoms with Gasteiger partial charge in [-0.3, -0.25) is 0 Å². The van der Waals surface area contributed by atoms with Crippen molar-refractivity contribution in [2.75, 3.05) is 6.61 Å². The summed E-state index contributed by atoms with van der Waals surface area (Å²) in [6.45, 7) is 0.821. The maximum Gasteiger partial charge on any atom is 0.110 e. The van der Waals surface area contributed by atoms with E-state index in [4.69, 9.17) is 4.74 Å². The predicted octanol–water partition coefficient (Wildman–Crippen LogP) is 2.68. The quantitative estimate of drug-likeness (QED) is 0.502. The summed E-state index contributed by atoms with van der Waals surface area (Å²) in [5.41, 5.74) is 0. The Labute approximate surface area is 95.5 Å². The van der Waals surface area contributed by atoms with Crippen LogP contribution in [0.4, 0.5) is 0 Å². The molecule has 3 aliphatic rings. The van der Waals surface area contributed by atoms with Crippen molar-refractivity contribution in [1.82, 2.24) is 0 Å². The molecule has 3 rings (SSSR count). The fourth-order valence-corrected chi connectivity index (χ4v) is 3.38. The van der Waals surface area contributed by atoms with E-state index in [0.717, 1.165) is 25.9 Å². The minimum atomic E-state index is -0.106. The normalized spacial score (nSPS) is 45.9. The number of hydrogen-bond donors (Lipinski definition) is 0. The summed E-state index contributed by atoms with van der Waals surface area (Å²) in [6, 6.07) is -0.106. The zero-order chi connectivity index (χ0) is 11.0. The Bertz CT molecular complexity index is 337. The highest BCUT2D eigenvalue weighted by Crippen LogP contribution is 2.43. The topological polar surface area (TPSA) is 38.7 Å². The van der Waals surface area contributed by atoms with Gasteiger partial charge in [0.15, 0.2) is 0 Å². The third-order valence-electron chi connectivity index (χ3n) is 4.25. The molecule has 2 aliphatic carbocycles. The van der Waals surface area contributed by atoms with E-state index in [1.54, 1.807) is 0 Å². The molecule has 0 saturated carbocycles. The summed E-state index contributed by atoms with van der Waals surface area (Å²) in [5.74, 6) is 1.69. The van der Waals surface area contributed by atoms with Crippen LogP contribution in [-0.4, -0.2) is 18.8 Å². The number of ether oxygens (including phenoxy) is 1. The fraction of sp³-hybridized carbons (Fsp3) is 0.692. The lowest BCUT2D eigenvalue weighted by molar-refractivity contribution is -0.0844. The maximum absolute atomic E-state index is 10.6. The summed E-state index contributed by atoms with van der Waals surface area (Å²) in [7, 11) is 0. The molecule has 3 nitrogen and oxygen atoms in total. The van der Waals surface area contributed by atoms with Gasteiger partial charge in [0.05, 0.1) is 12.7 Å². The second-order valence-electron chi connectivity index (χ2n) is 5.10. The number of nitroso groups, excluding NO2 is 1. The van der Waals surface area contributed by atoms with E-state index in [1.165, 1.54) is 0 Å². The van der Waals surface area contributed by atoms with Crippen molar-refractivity contribution in [1.29, 1.82) is 0 Å². The number of nitrogens with zero attached hydrogens (tertiary/aromatic N) is 1. The molecule has 0 N–H and O–H groups in total. The van der Waals surface area contributed by atoms with Gasteiger partial charge in [0.1, 0.15) is 6.04 Å². The van der Waals surface area contributed by atoms with Crippen molar-refractivity contribution in [3.05, 3.63) is 29.2 Å². The van der Waals surface area contributed by atoms with Crippen LogP contribution >= 0.6 is 0 Å². The molecular formula is C13H17NO2. The van der Waals surface area contributed by atoms with Gasteiger partial charge >= 0.3 is 0 Å². The Kier molecular flexibility index (Phi) is 2.64. The highest BCUT2D eigenvalue weighted by atomic mass is 16.5. The lowest BCUT2D eigenvalue weighted by Gasteiger charge is -2.45. The molecule has 5 unspecified atom stereocenters. The Morgan fingerprint density at radius 3 is 2.88 bits per heavy atom. The molecule has 3 heteroatoms. The molecule has 0 radical (unpaired) electrons. The Morgan fingerprint density at radius 1 is 1.12 bits per heavy atom. The van der Waals surface area contributed by atoms with E-state index < -0.39 is 0 Å². The van der Waals surface area contributed by atoms with Crippen LogP contribution in [0.25, 0.3) is 0 Å². The molecule has 5 atom stereocenters. The third kappa shape index (κ3) is 1.63. The summed E-state index contributed by atoms with van der Waals surface area (Å²) in [5, 5.41) is 3.18. The average molecular weight is 219 g/mol. The van der Waals surface area contributed by atoms with Gasteiger partial charge in [-0.1, -0.05) is 29.5 Å². The predicted molar refractivity (Wildman–Crippen MR) is 61.9 cm³/mol. The molecule has 1 fully saturated rings. The lowest BCUT2D eigenvalue weighted by Crippen LogP contribution is -2.44. The van der Waals surface area contributed by atoms with Gasteiger partial charge in [-0.2, -0.15) is 4.91 Å². The van der Waals surface area contributed by atoms with Gasteiger partial charge in [-0.25, -0.2) is 0 Å². The van der Waals surface area contributed by atoms with Gasteiger partial charge in [-0.05, 0) is 31.1 Å². The second-order valence-corrected chi connectivity index (χ2v) is 5.10. The maximum atomic E-state index is 10.6. The van der Waals surface area contributed by atoms with Crippen LogP contribution in [0.2, 0.25) is 0 Å². The lowest BCUT2D eigenvalue weighted by atomic mass is 9.68. The van der Waals surface area contributed by atoms with E-state index in [9.17, 15) is 4.91 Å². The van der Waals surface area contributed by atoms with Crippen molar-refractivity contribution in [3.63, 3.8) is 0 Å². The average Bonchev–Trinajstić information content (AvgIpc) is 2.38. The van der Waals surface area contributed by atoms with Crippen LogP contribution in [0.3, 0.4) is 0 Å². The van der Waals surface area contributed by atoms with Gasteiger partial charge in [0.2, 0.25) is 0 Å². The Balaban J connectivity index is 1.82. The summed E-state index contributed by atoms with van der Waals surface area (Å²) in [6.07, 6.45) is 12.0. The zero-order valence-corrected chi connectivity index (χ0v) is 9.29. The monoisotopic (exact) mass is 219 g/mol. The first-order valence-corrected chi connectivity index (χ1v) is 6.16. The molecular weight excluding hydrogens is 202 g/mol. The van der Waals surface area contributed by atoms with E-state index in [-0.39, 0.29) is 6.04 Å². The van der Waals surface area contributed by atoms with Crippen molar-refractivity contribution in [3.8, 4) is 0 Å². The van der Waals surface area contributed by atoms with Crippen LogP contribution in [0.1, 0.15) is 19.3 Å². The molecule has 1 heterocycles. The summed E-state index contributed by atoms with van der Waals surface area (Å²) in [4.78, 5) is 10.6. The number of allylic oxidation sites excluding steroid dienone is 1. The summed E-state index contributed by atoms with van der Waals surface area (Å²) >= 11 is 0. The second kappa shape index (κ2) is 4.13. The van der Waals surface area contributed by atoms with Gasteiger partial charge in [-0.15, -0.1) is 0 Å². The number of fused-ring (bicyclic) bond motifs is 3. The molecule has 0 bridgehead atoms. The minimum Gasteiger partial charge on any atom is -0.377 e. The Hall–Kier alpha value is -0.960. The third-order valence-corrected chi connectivity index (χ3v) is 4.25. The molecule has 0 aromatic rings. The van der Waals surface area contributed by atoms with Crippen molar-refractivity contribution in [2.45, 2.75) is 31.4 Å². The fourth-order valence-electron chi connectivity index (χ4n) is 3.38. The smallest absolute Gasteiger partial charge is 0.110 e. The van der Waals surface area contributed by atoms with Crippen LogP contribution in [0.15, 0.2) is 29.5 Å². The van der Waals surface area contributed by atoms with Gasteiger partial charge in [0.25, 0.3) is 0 Å². The van der Waals surface area contributed by atoms with E-state index in [2.05, 4.69) is 23.4 Å². The highest BCUT2D eigenvalue weighted by molar-refractivity contribution is 5.10. The molecule has 1 aliphatic heterocycles. The van der Waals surface area contributed by atoms with Crippen LogP contribution in [-0.2, 0) is 4.74 Å². The molecule has 0 aromatic heterocycles. The SMILES string of the molecule is O=NC1C=CC2COC3CC=CCC3C2C1. The highest BCUT2D eigenvalue weighted by Gasteiger charge is 2.41. The molecule has 16 heavy (non-hydrogen) atoms. The van der Waals surface area contributed by atoms with Crippen LogP contribution in [0.5, 0.6) is 0 Å². The Morgan fingerprint density at radius 2 is 2.00 bits per heavy atom. The molecule has 1 saturated heterocycles. The standard InChI is InChI=1S/C13H17NO2/c15-14-10-6-5-9-8-16-13-4-2-1-3-11(13)12(9)7-10/h1-2,5-6,9-13H,3-4,7-8H2. The molecule has 0 spiro atoms. The first-order chi connectivity index (χ1) is 7.88. The van der Waals surface area contributed by atoms with Crippen LogP contribution < -0.4 is 0 Å². The van der Waals surface area contributed by atoms with Crippen molar-refractivity contribution < 1.29 is 4.74 Å². The number of hydrogen-bond acceptors (Lipinski definition) is 3. The van der Waals surface area contributed by atoms with Crippen molar-refractivity contribution >= 4 is 0 Å². The van der Waals surface area contributed by atoms with E-state index in [0.29, 0.717) is 23.9 Å². The van der Waals surface area contributed by atoms with Crippen molar-refractivity contribution in [2.24, 2.45) is 22.9 Å². The minimum absolute atomic E-state index is 0.106. The number of rotatable bonds is 1. The van der Waals surface area contributed by atoms with Gasteiger partial charge in [0, 0.05) is 5.92 Å². The first kappa shape index (κ1) is 10.2.